The second-order valence-corrected chi connectivity index (χ2v) is 8.43. The summed E-state index contributed by atoms with van der Waals surface area (Å²) in [6.07, 6.45) is 1.28. The Bertz CT molecular complexity index is 679. The van der Waals surface area contributed by atoms with Crippen LogP contribution in [-0.4, -0.2) is 27.0 Å². The SMILES string of the molecule is CCNC(CS(C)(=O)=O)c1csc2c(Br)cccc12. The fourth-order valence-electron chi connectivity index (χ4n) is 2.12. The molecule has 1 unspecified atom stereocenters. The van der Waals surface area contributed by atoms with Crippen LogP contribution >= 0.6 is 27.3 Å². The Balaban J connectivity index is 2.47. The molecule has 0 fully saturated rings. The van der Waals surface area contributed by atoms with Crippen LogP contribution in [0, 0.1) is 0 Å². The highest BCUT2D eigenvalue weighted by molar-refractivity contribution is 9.10. The number of benzene rings is 1. The Morgan fingerprint density at radius 2 is 2.16 bits per heavy atom. The standard InChI is InChI=1S/C13H16BrNO2S2/c1-3-15-12(8-19(2,16)17)10-7-18-13-9(10)5-4-6-11(13)14/h4-7,12,15H,3,8H2,1-2H3. The average Bonchev–Trinajstić information content (AvgIpc) is 2.72. The van der Waals surface area contributed by atoms with Gasteiger partial charge in [-0.25, -0.2) is 8.42 Å². The zero-order valence-corrected chi connectivity index (χ0v) is 14.0. The van der Waals surface area contributed by atoms with E-state index < -0.39 is 9.84 Å². The first-order valence-electron chi connectivity index (χ1n) is 5.99. The highest BCUT2D eigenvalue weighted by Crippen LogP contribution is 2.35. The number of thiophene rings is 1. The maximum Gasteiger partial charge on any atom is 0.149 e. The van der Waals surface area contributed by atoms with Crippen molar-refractivity contribution in [3.8, 4) is 0 Å². The van der Waals surface area contributed by atoms with Crippen LogP contribution in [0.25, 0.3) is 10.1 Å². The van der Waals surface area contributed by atoms with Gasteiger partial charge in [-0.15, -0.1) is 11.3 Å². The van der Waals surface area contributed by atoms with Gasteiger partial charge in [0.25, 0.3) is 0 Å². The lowest BCUT2D eigenvalue weighted by Gasteiger charge is -2.16. The van der Waals surface area contributed by atoms with Crippen molar-refractivity contribution in [1.29, 1.82) is 0 Å². The number of hydrogen-bond donors (Lipinski definition) is 1. The fraction of sp³-hybridized carbons (Fsp3) is 0.385. The summed E-state index contributed by atoms with van der Waals surface area (Å²) < 4.78 is 25.4. The molecule has 0 spiro atoms. The predicted molar refractivity (Wildman–Crippen MR) is 85.7 cm³/mol. The zero-order chi connectivity index (χ0) is 14.0. The molecule has 0 aliphatic carbocycles. The fourth-order valence-corrected chi connectivity index (χ4v) is 4.70. The molecular weight excluding hydrogens is 346 g/mol. The summed E-state index contributed by atoms with van der Waals surface area (Å²) in [5.74, 6) is 0.124. The van der Waals surface area contributed by atoms with Gasteiger partial charge in [-0.3, -0.25) is 0 Å². The van der Waals surface area contributed by atoms with E-state index in [-0.39, 0.29) is 11.8 Å². The van der Waals surface area contributed by atoms with Crippen molar-refractivity contribution in [3.63, 3.8) is 0 Å². The maximum absolute atomic E-state index is 11.6. The van der Waals surface area contributed by atoms with Crippen LogP contribution in [0.5, 0.6) is 0 Å². The molecule has 6 heteroatoms. The minimum atomic E-state index is -3.02. The Kier molecular flexibility index (Phi) is 4.66. The topological polar surface area (TPSA) is 46.2 Å². The molecule has 3 nitrogen and oxygen atoms in total. The predicted octanol–water partition coefficient (Wildman–Crippen LogP) is 3.36. The molecule has 1 heterocycles. The minimum Gasteiger partial charge on any atom is -0.309 e. The molecule has 2 rings (SSSR count). The van der Waals surface area contributed by atoms with Crippen molar-refractivity contribution >= 4 is 47.2 Å². The lowest BCUT2D eigenvalue weighted by atomic mass is 10.1. The summed E-state index contributed by atoms with van der Waals surface area (Å²) in [6.45, 7) is 2.73. The zero-order valence-electron chi connectivity index (χ0n) is 10.8. The van der Waals surface area contributed by atoms with Gasteiger partial charge < -0.3 is 5.32 Å². The molecule has 0 amide bonds. The maximum atomic E-state index is 11.6. The van der Waals surface area contributed by atoms with Crippen LogP contribution in [-0.2, 0) is 9.84 Å². The van der Waals surface area contributed by atoms with E-state index in [9.17, 15) is 8.42 Å². The number of nitrogens with one attached hydrogen (secondary N) is 1. The Morgan fingerprint density at radius 3 is 2.79 bits per heavy atom. The van der Waals surface area contributed by atoms with E-state index in [0.29, 0.717) is 0 Å². The van der Waals surface area contributed by atoms with Gasteiger partial charge in [-0.1, -0.05) is 19.1 Å². The van der Waals surface area contributed by atoms with E-state index in [2.05, 4.69) is 21.2 Å². The van der Waals surface area contributed by atoms with E-state index in [4.69, 9.17) is 0 Å². The van der Waals surface area contributed by atoms with Gasteiger partial charge in [0, 0.05) is 21.5 Å². The van der Waals surface area contributed by atoms with Gasteiger partial charge in [0.2, 0.25) is 0 Å². The average molecular weight is 362 g/mol. The lowest BCUT2D eigenvalue weighted by molar-refractivity contribution is 0.565. The Labute approximate surface area is 126 Å². The monoisotopic (exact) mass is 361 g/mol. The first-order valence-corrected chi connectivity index (χ1v) is 9.72. The highest BCUT2D eigenvalue weighted by atomic mass is 79.9. The van der Waals surface area contributed by atoms with E-state index in [0.717, 1.165) is 26.7 Å². The van der Waals surface area contributed by atoms with E-state index in [1.807, 2.05) is 30.5 Å². The van der Waals surface area contributed by atoms with E-state index >= 15 is 0 Å². The summed E-state index contributed by atoms with van der Waals surface area (Å²) in [7, 11) is -3.02. The third-order valence-corrected chi connectivity index (χ3v) is 5.79. The van der Waals surface area contributed by atoms with Crippen molar-refractivity contribution in [3.05, 3.63) is 33.6 Å². The van der Waals surface area contributed by atoms with Crippen LogP contribution in [0.15, 0.2) is 28.1 Å². The molecule has 0 aliphatic heterocycles. The summed E-state index contributed by atoms with van der Waals surface area (Å²) >= 11 is 5.17. The van der Waals surface area contributed by atoms with Crippen molar-refractivity contribution in [1.82, 2.24) is 5.32 Å². The van der Waals surface area contributed by atoms with Gasteiger partial charge in [0.15, 0.2) is 0 Å². The molecule has 0 saturated carbocycles. The Morgan fingerprint density at radius 1 is 1.42 bits per heavy atom. The van der Waals surface area contributed by atoms with Crippen molar-refractivity contribution in [2.75, 3.05) is 18.6 Å². The van der Waals surface area contributed by atoms with Crippen molar-refractivity contribution in [2.45, 2.75) is 13.0 Å². The van der Waals surface area contributed by atoms with Crippen LogP contribution in [0.4, 0.5) is 0 Å². The van der Waals surface area contributed by atoms with Crippen LogP contribution in [0.1, 0.15) is 18.5 Å². The normalized spacial score (nSPS) is 13.8. The highest BCUT2D eigenvalue weighted by Gasteiger charge is 2.20. The van der Waals surface area contributed by atoms with E-state index in [1.54, 1.807) is 11.3 Å². The molecule has 104 valence electrons. The number of rotatable bonds is 5. The van der Waals surface area contributed by atoms with Crippen LogP contribution in [0.2, 0.25) is 0 Å². The molecule has 0 aliphatic rings. The smallest absolute Gasteiger partial charge is 0.149 e. The quantitative estimate of drug-likeness (QED) is 0.887. The van der Waals surface area contributed by atoms with Crippen molar-refractivity contribution in [2.24, 2.45) is 0 Å². The summed E-state index contributed by atoms with van der Waals surface area (Å²) in [6, 6.07) is 5.87. The summed E-state index contributed by atoms with van der Waals surface area (Å²) in [5.41, 5.74) is 1.06. The molecule has 0 bridgehead atoms. The van der Waals surface area contributed by atoms with Gasteiger partial charge in [0.05, 0.1) is 5.75 Å². The lowest BCUT2D eigenvalue weighted by Crippen LogP contribution is -2.27. The molecule has 1 aromatic carbocycles. The molecule has 1 atom stereocenters. The largest absolute Gasteiger partial charge is 0.309 e. The molecule has 0 saturated heterocycles. The van der Waals surface area contributed by atoms with Gasteiger partial charge >= 0.3 is 0 Å². The Hall–Kier alpha value is -0.430. The number of hydrogen-bond acceptors (Lipinski definition) is 4. The van der Waals surface area contributed by atoms with Gasteiger partial charge in [-0.05, 0) is 44.9 Å². The minimum absolute atomic E-state index is 0.124. The number of halogens is 1. The number of fused-ring (bicyclic) bond motifs is 1. The van der Waals surface area contributed by atoms with Crippen LogP contribution in [0.3, 0.4) is 0 Å². The van der Waals surface area contributed by atoms with Gasteiger partial charge in [-0.2, -0.15) is 0 Å². The van der Waals surface area contributed by atoms with Gasteiger partial charge in [0.1, 0.15) is 9.84 Å². The molecule has 0 radical (unpaired) electrons. The molecule has 19 heavy (non-hydrogen) atoms. The molecule has 1 aromatic heterocycles. The third-order valence-electron chi connectivity index (χ3n) is 2.88. The summed E-state index contributed by atoms with van der Waals surface area (Å²) in [4.78, 5) is 0. The van der Waals surface area contributed by atoms with Crippen molar-refractivity contribution < 1.29 is 8.42 Å². The first-order chi connectivity index (χ1) is 8.92. The first kappa shape index (κ1) is 15.0. The van der Waals surface area contributed by atoms with E-state index in [1.165, 1.54) is 6.26 Å². The second kappa shape index (κ2) is 5.91. The third kappa shape index (κ3) is 3.56. The second-order valence-electron chi connectivity index (χ2n) is 4.51. The molecular formula is C13H16BrNO2S2. The molecule has 1 N–H and O–H groups in total. The molecule has 2 aromatic rings. The van der Waals surface area contributed by atoms with Crippen LogP contribution < -0.4 is 5.32 Å². The number of sulfone groups is 1. The summed E-state index contributed by atoms with van der Waals surface area (Å²) in [5, 5.41) is 6.43.